The van der Waals surface area contributed by atoms with Crippen molar-refractivity contribution >= 4 is 17.3 Å². The third kappa shape index (κ3) is 3.24. The van der Waals surface area contributed by atoms with Crippen LogP contribution in [0.5, 0.6) is 0 Å². The number of nitrogens with one attached hydrogen (secondary N) is 1. The van der Waals surface area contributed by atoms with Crippen molar-refractivity contribution in [3.63, 3.8) is 0 Å². The van der Waals surface area contributed by atoms with Crippen LogP contribution in [0, 0.1) is 24.1 Å². The minimum absolute atomic E-state index is 0.0567. The van der Waals surface area contributed by atoms with Crippen LogP contribution in [0.3, 0.4) is 0 Å². The lowest BCUT2D eigenvalue weighted by molar-refractivity contribution is 0.623. The number of rotatable bonds is 3. The minimum Gasteiger partial charge on any atom is -0.381 e. The van der Waals surface area contributed by atoms with Gasteiger partial charge in [-0.05, 0) is 42.3 Å². The Morgan fingerprint density at radius 3 is 2.74 bits per heavy atom. The number of benzene rings is 2. The summed E-state index contributed by atoms with van der Waals surface area (Å²) < 4.78 is 13.2. The van der Waals surface area contributed by atoms with Gasteiger partial charge in [0, 0.05) is 17.3 Å². The summed E-state index contributed by atoms with van der Waals surface area (Å²) in [6.07, 6.45) is 0. The second-order valence-electron chi connectivity index (χ2n) is 4.24. The van der Waals surface area contributed by atoms with Crippen molar-refractivity contribution in [3.8, 4) is 6.07 Å². The van der Waals surface area contributed by atoms with E-state index in [9.17, 15) is 4.39 Å². The predicted molar refractivity (Wildman–Crippen MR) is 74.6 cm³/mol. The predicted octanol–water partition coefficient (Wildman–Crippen LogP) is 4.27. The molecule has 0 aliphatic carbocycles. The lowest BCUT2D eigenvalue weighted by Crippen LogP contribution is -2.00. The van der Waals surface area contributed by atoms with E-state index in [1.165, 1.54) is 12.1 Å². The fraction of sp³-hybridized carbons (Fsp3) is 0.133. The van der Waals surface area contributed by atoms with E-state index in [0.29, 0.717) is 11.6 Å². The van der Waals surface area contributed by atoms with Gasteiger partial charge in [-0.1, -0.05) is 23.7 Å². The maximum atomic E-state index is 13.2. The number of hydrogen-bond donors (Lipinski definition) is 1. The zero-order chi connectivity index (χ0) is 13.8. The summed E-state index contributed by atoms with van der Waals surface area (Å²) in [7, 11) is 0. The van der Waals surface area contributed by atoms with E-state index < -0.39 is 5.82 Å². The summed E-state index contributed by atoms with van der Waals surface area (Å²) in [5.74, 6) is -0.496. The van der Waals surface area contributed by atoms with Crippen LogP contribution in [0.15, 0.2) is 36.4 Å². The molecule has 0 saturated carbocycles. The van der Waals surface area contributed by atoms with E-state index in [1.54, 1.807) is 6.07 Å². The fourth-order valence-electron chi connectivity index (χ4n) is 1.68. The van der Waals surface area contributed by atoms with Crippen LogP contribution in [-0.4, -0.2) is 0 Å². The topological polar surface area (TPSA) is 35.8 Å². The molecule has 0 saturated heterocycles. The molecular weight excluding hydrogens is 263 g/mol. The van der Waals surface area contributed by atoms with Gasteiger partial charge in [-0.25, -0.2) is 4.39 Å². The molecule has 0 spiro atoms. The Bertz CT molecular complexity index is 647. The Labute approximate surface area is 116 Å². The first kappa shape index (κ1) is 13.4. The van der Waals surface area contributed by atoms with Crippen LogP contribution in [0.25, 0.3) is 0 Å². The quantitative estimate of drug-likeness (QED) is 0.907. The van der Waals surface area contributed by atoms with Crippen molar-refractivity contribution in [1.82, 2.24) is 0 Å². The molecule has 2 aromatic rings. The van der Waals surface area contributed by atoms with E-state index in [-0.39, 0.29) is 5.56 Å². The molecule has 4 heteroatoms. The van der Waals surface area contributed by atoms with Crippen LogP contribution >= 0.6 is 11.6 Å². The molecule has 2 rings (SSSR count). The largest absolute Gasteiger partial charge is 0.381 e. The number of nitrogens with zero attached hydrogens (tertiary/aromatic N) is 1. The highest BCUT2D eigenvalue weighted by molar-refractivity contribution is 6.31. The summed E-state index contributed by atoms with van der Waals surface area (Å²) in [6.45, 7) is 2.44. The van der Waals surface area contributed by atoms with E-state index in [0.717, 1.165) is 16.8 Å². The van der Waals surface area contributed by atoms with Gasteiger partial charge in [0.2, 0.25) is 0 Å². The van der Waals surface area contributed by atoms with E-state index >= 15 is 0 Å². The Balaban J connectivity index is 2.10. The molecule has 0 aromatic heterocycles. The maximum absolute atomic E-state index is 13.2. The number of aryl methyl sites for hydroxylation is 1. The van der Waals surface area contributed by atoms with Gasteiger partial charge in [-0.3, -0.25) is 0 Å². The van der Waals surface area contributed by atoms with E-state index in [1.807, 2.05) is 31.2 Å². The van der Waals surface area contributed by atoms with Gasteiger partial charge in [0.05, 0.1) is 5.56 Å². The summed E-state index contributed by atoms with van der Waals surface area (Å²) in [5, 5.41) is 12.6. The molecule has 19 heavy (non-hydrogen) atoms. The van der Waals surface area contributed by atoms with Gasteiger partial charge < -0.3 is 5.32 Å². The van der Waals surface area contributed by atoms with Gasteiger partial charge in [0.25, 0.3) is 0 Å². The van der Waals surface area contributed by atoms with Crippen molar-refractivity contribution in [2.24, 2.45) is 0 Å². The second kappa shape index (κ2) is 5.73. The maximum Gasteiger partial charge on any atom is 0.140 e. The molecule has 2 nitrogen and oxygen atoms in total. The lowest BCUT2D eigenvalue weighted by Gasteiger charge is -2.08. The summed E-state index contributed by atoms with van der Waals surface area (Å²) >= 11 is 6.03. The number of hydrogen-bond acceptors (Lipinski definition) is 2. The average Bonchev–Trinajstić information content (AvgIpc) is 2.41. The molecule has 2 aromatic carbocycles. The van der Waals surface area contributed by atoms with Gasteiger partial charge in [0.1, 0.15) is 11.9 Å². The summed E-state index contributed by atoms with van der Waals surface area (Å²) in [6, 6.07) is 12.0. The van der Waals surface area contributed by atoms with Gasteiger partial charge in [-0.15, -0.1) is 0 Å². The van der Waals surface area contributed by atoms with Gasteiger partial charge in [-0.2, -0.15) is 5.26 Å². The zero-order valence-corrected chi connectivity index (χ0v) is 11.1. The van der Waals surface area contributed by atoms with E-state index in [2.05, 4.69) is 5.32 Å². The third-order valence-electron chi connectivity index (χ3n) is 2.82. The highest BCUT2D eigenvalue weighted by Gasteiger charge is 2.03. The Kier molecular flexibility index (Phi) is 4.03. The first-order valence-electron chi connectivity index (χ1n) is 5.78. The number of anilines is 1. The number of halogens is 2. The van der Waals surface area contributed by atoms with Gasteiger partial charge >= 0.3 is 0 Å². The van der Waals surface area contributed by atoms with E-state index in [4.69, 9.17) is 16.9 Å². The van der Waals surface area contributed by atoms with Crippen LogP contribution in [0.4, 0.5) is 10.1 Å². The van der Waals surface area contributed by atoms with Crippen molar-refractivity contribution < 1.29 is 4.39 Å². The average molecular weight is 275 g/mol. The Hall–Kier alpha value is -2.05. The Morgan fingerprint density at radius 2 is 2.05 bits per heavy atom. The molecule has 0 heterocycles. The monoisotopic (exact) mass is 274 g/mol. The lowest BCUT2D eigenvalue weighted by atomic mass is 10.1. The van der Waals surface area contributed by atoms with Crippen LogP contribution < -0.4 is 5.32 Å². The third-order valence-corrected chi connectivity index (χ3v) is 3.23. The molecule has 1 N–H and O–H groups in total. The van der Waals surface area contributed by atoms with Crippen LogP contribution in [-0.2, 0) is 6.54 Å². The smallest absolute Gasteiger partial charge is 0.140 e. The molecule has 0 amide bonds. The number of nitriles is 1. The molecule has 96 valence electrons. The molecule has 0 aliphatic rings. The highest BCUT2D eigenvalue weighted by Crippen LogP contribution is 2.20. The normalized spacial score (nSPS) is 10.0. The molecule has 0 aliphatic heterocycles. The SMILES string of the molecule is Cc1ccc(NCc2ccc(F)c(C#N)c2)cc1Cl. The molecule has 0 radical (unpaired) electrons. The van der Waals surface area contributed by atoms with Crippen LogP contribution in [0.1, 0.15) is 16.7 Å². The zero-order valence-electron chi connectivity index (χ0n) is 10.4. The standard InChI is InChI=1S/C15H12ClFN2/c1-10-2-4-13(7-14(10)16)19-9-11-3-5-15(17)12(6-11)8-18/h2-7,19H,9H2,1H3. The van der Waals surface area contributed by atoms with Crippen molar-refractivity contribution in [1.29, 1.82) is 5.26 Å². The first-order chi connectivity index (χ1) is 9.10. The van der Waals surface area contributed by atoms with Crippen molar-refractivity contribution in [2.75, 3.05) is 5.32 Å². The summed E-state index contributed by atoms with van der Waals surface area (Å²) in [4.78, 5) is 0. The van der Waals surface area contributed by atoms with Crippen molar-refractivity contribution in [3.05, 3.63) is 63.9 Å². The molecule has 0 bridgehead atoms. The minimum atomic E-state index is -0.496. The fourth-order valence-corrected chi connectivity index (χ4v) is 1.86. The first-order valence-corrected chi connectivity index (χ1v) is 6.16. The summed E-state index contributed by atoms with van der Waals surface area (Å²) in [5.41, 5.74) is 2.80. The Morgan fingerprint density at radius 1 is 1.26 bits per heavy atom. The van der Waals surface area contributed by atoms with Crippen LogP contribution in [0.2, 0.25) is 5.02 Å². The highest BCUT2D eigenvalue weighted by atomic mass is 35.5. The molecule has 0 atom stereocenters. The molecule has 0 fully saturated rings. The second-order valence-corrected chi connectivity index (χ2v) is 4.65. The van der Waals surface area contributed by atoms with Gasteiger partial charge in [0.15, 0.2) is 0 Å². The van der Waals surface area contributed by atoms with Crippen molar-refractivity contribution in [2.45, 2.75) is 13.5 Å². The molecular formula is C15H12ClFN2. The molecule has 0 unspecified atom stereocenters.